The predicted octanol–water partition coefficient (Wildman–Crippen LogP) is 3.83. The molecular weight excluding hydrogens is 272 g/mol. The maximum Gasteiger partial charge on any atom is 0.126 e. The average Bonchev–Trinajstić information content (AvgIpc) is 2.43. The third-order valence-electron chi connectivity index (χ3n) is 3.53. The molecule has 2 rings (SSSR count). The minimum atomic E-state index is -0.887. The Hall–Kier alpha value is -1.94. The zero-order chi connectivity index (χ0) is 15.4. The van der Waals surface area contributed by atoms with Crippen LogP contribution in [0.4, 0.5) is 14.5 Å². The first kappa shape index (κ1) is 15.4. The van der Waals surface area contributed by atoms with Crippen LogP contribution in [-0.2, 0) is 0 Å². The van der Waals surface area contributed by atoms with Crippen LogP contribution in [-0.4, -0.2) is 18.7 Å². The van der Waals surface area contributed by atoms with Gasteiger partial charge in [-0.2, -0.15) is 0 Å². The number of aryl methyl sites for hydroxylation is 1. The molecule has 0 saturated heterocycles. The van der Waals surface area contributed by atoms with Crippen molar-refractivity contribution in [2.75, 3.05) is 18.5 Å². The van der Waals surface area contributed by atoms with Crippen molar-refractivity contribution in [3.63, 3.8) is 0 Å². The van der Waals surface area contributed by atoms with Gasteiger partial charge in [0.05, 0.1) is 6.10 Å². The van der Waals surface area contributed by atoms with Gasteiger partial charge in [0.15, 0.2) is 0 Å². The summed E-state index contributed by atoms with van der Waals surface area (Å²) in [4.78, 5) is 2.02. The van der Waals surface area contributed by atoms with Gasteiger partial charge >= 0.3 is 0 Å². The summed E-state index contributed by atoms with van der Waals surface area (Å²) in [5.74, 6) is -1.34. The van der Waals surface area contributed by atoms with Crippen molar-refractivity contribution in [3.05, 3.63) is 65.2 Å². The SMILES string of the molecule is Cc1ccccc1N(C)CCC(O)c1cc(F)cc(F)c1. The number of benzene rings is 2. The molecule has 112 valence electrons. The van der Waals surface area contributed by atoms with E-state index in [2.05, 4.69) is 0 Å². The number of rotatable bonds is 5. The van der Waals surface area contributed by atoms with Crippen LogP contribution in [0.5, 0.6) is 0 Å². The number of hydrogen-bond donors (Lipinski definition) is 1. The lowest BCUT2D eigenvalue weighted by atomic mass is 10.1. The largest absolute Gasteiger partial charge is 0.388 e. The highest BCUT2D eigenvalue weighted by atomic mass is 19.1. The van der Waals surface area contributed by atoms with Crippen LogP contribution in [0.15, 0.2) is 42.5 Å². The first-order valence-electron chi connectivity index (χ1n) is 6.88. The molecular formula is C17H19F2NO. The Morgan fingerprint density at radius 2 is 1.71 bits per heavy atom. The normalized spacial score (nSPS) is 12.2. The van der Waals surface area contributed by atoms with Crippen LogP contribution in [0.3, 0.4) is 0 Å². The van der Waals surface area contributed by atoms with Gasteiger partial charge in [-0.1, -0.05) is 18.2 Å². The molecule has 0 aliphatic heterocycles. The number of para-hydroxylation sites is 1. The zero-order valence-corrected chi connectivity index (χ0v) is 12.2. The van der Waals surface area contributed by atoms with Gasteiger partial charge < -0.3 is 10.0 Å². The van der Waals surface area contributed by atoms with E-state index in [0.717, 1.165) is 17.3 Å². The van der Waals surface area contributed by atoms with Crippen LogP contribution < -0.4 is 4.90 Å². The van der Waals surface area contributed by atoms with Crippen molar-refractivity contribution >= 4 is 5.69 Å². The fourth-order valence-electron chi connectivity index (χ4n) is 2.36. The van der Waals surface area contributed by atoms with Gasteiger partial charge in [-0.25, -0.2) is 8.78 Å². The van der Waals surface area contributed by atoms with Gasteiger partial charge in [-0.05, 0) is 42.7 Å². The van der Waals surface area contributed by atoms with Gasteiger partial charge in [-0.3, -0.25) is 0 Å². The Morgan fingerprint density at radius 3 is 2.33 bits per heavy atom. The highest BCUT2D eigenvalue weighted by molar-refractivity contribution is 5.52. The fourth-order valence-corrected chi connectivity index (χ4v) is 2.36. The Morgan fingerprint density at radius 1 is 1.10 bits per heavy atom. The topological polar surface area (TPSA) is 23.5 Å². The van der Waals surface area contributed by atoms with Gasteiger partial charge in [0.2, 0.25) is 0 Å². The van der Waals surface area contributed by atoms with Crippen molar-refractivity contribution in [1.29, 1.82) is 0 Å². The van der Waals surface area contributed by atoms with Crippen molar-refractivity contribution in [2.45, 2.75) is 19.4 Å². The van der Waals surface area contributed by atoms with E-state index in [-0.39, 0.29) is 5.56 Å². The lowest BCUT2D eigenvalue weighted by Gasteiger charge is -2.23. The van der Waals surface area contributed by atoms with E-state index in [4.69, 9.17) is 0 Å². The molecule has 0 bridgehead atoms. The molecule has 0 aliphatic rings. The van der Waals surface area contributed by atoms with E-state index >= 15 is 0 Å². The minimum absolute atomic E-state index is 0.269. The summed E-state index contributed by atoms with van der Waals surface area (Å²) in [7, 11) is 1.93. The van der Waals surface area contributed by atoms with Crippen LogP contribution in [0, 0.1) is 18.6 Å². The Bertz CT molecular complexity index is 595. The molecule has 21 heavy (non-hydrogen) atoms. The van der Waals surface area contributed by atoms with Crippen molar-refractivity contribution in [1.82, 2.24) is 0 Å². The molecule has 0 heterocycles. The smallest absolute Gasteiger partial charge is 0.126 e. The van der Waals surface area contributed by atoms with E-state index in [1.54, 1.807) is 0 Å². The zero-order valence-electron chi connectivity index (χ0n) is 12.2. The summed E-state index contributed by atoms with van der Waals surface area (Å²) < 4.78 is 26.3. The van der Waals surface area contributed by atoms with E-state index in [9.17, 15) is 13.9 Å². The van der Waals surface area contributed by atoms with Crippen LogP contribution in [0.25, 0.3) is 0 Å². The molecule has 0 spiro atoms. The van der Waals surface area contributed by atoms with Crippen molar-refractivity contribution in [3.8, 4) is 0 Å². The molecule has 4 heteroatoms. The molecule has 0 aromatic heterocycles. The lowest BCUT2D eigenvalue weighted by Crippen LogP contribution is -2.21. The highest BCUT2D eigenvalue weighted by Crippen LogP contribution is 2.22. The number of aliphatic hydroxyl groups excluding tert-OH is 1. The molecule has 2 aromatic carbocycles. The number of hydrogen-bond acceptors (Lipinski definition) is 2. The van der Waals surface area contributed by atoms with E-state index in [1.807, 2.05) is 43.1 Å². The van der Waals surface area contributed by atoms with E-state index in [1.165, 1.54) is 12.1 Å². The first-order valence-corrected chi connectivity index (χ1v) is 6.88. The maximum atomic E-state index is 13.1. The Kier molecular flexibility index (Phi) is 4.91. The third-order valence-corrected chi connectivity index (χ3v) is 3.53. The second-order valence-electron chi connectivity index (χ2n) is 5.22. The van der Waals surface area contributed by atoms with Crippen LogP contribution >= 0.6 is 0 Å². The second-order valence-corrected chi connectivity index (χ2v) is 5.22. The number of anilines is 1. The highest BCUT2D eigenvalue weighted by Gasteiger charge is 2.12. The fraction of sp³-hybridized carbons (Fsp3) is 0.294. The van der Waals surface area contributed by atoms with Gasteiger partial charge in [0.25, 0.3) is 0 Å². The lowest BCUT2D eigenvalue weighted by molar-refractivity contribution is 0.169. The number of halogens is 2. The summed E-state index contributed by atoms with van der Waals surface area (Å²) in [6.45, 7) is 2.61. The second kappa shape index (κ2) is 6.68. The molecule has 0 amide bonds. The monoisotopic (exact) mass is 291 g/mol. The Labute approximate surface area is 123 Å². The average molecular weight is 291 g/mol. The van der Waals surface area contributed by atoms with Crippen molar-refractivity contribution < 1.29 is 13.9 Å². The van der Waals surface area contributed by atoms with Gasteiger partial charge in [0.1, 0.15) is 11.6 Å². The minimum Gasteiger partial charge on any atom is -0.388 e. The first-order chi connectivity index (χ1) is 9.97. The molecule has 0 fully saturated rings. The molecule has 2 aromatic rings. The molecule has 0 saturated carbocycles. The number of nitrogens with zero attached hydrogens (tertiary/aromatic N) is 1. The summed E-state index contributed by atoms with van der Waals surface area (Å²) in [6, 6.07) is 11.1. The Balaban J connectivity index is 2.00. The summed E-state index contributed by atoms with van der Waals surface area (Å²) >= 11 is 0. The molecule has 0 radical (unpaired) electrons. The van der Waals surface area contributed by atoms with E-state index < -0.39 is 17.7 Å². The molecule has 1 unspecified atom stereocenters. The summed E-state index contributed by atoms with van der Waals surface area (Å²) in [6.07, 6.45) is -0.491. The van der Waals surface area contributed by atoms with Gasteiger partial charge in [-0.15, -0.1) is 0 Å². The molecule has 1 N–H and O–H groups in total. The van der Waals surface area contributed by atoms with Crippen molar-refractivity contribution in [2.24, 2.45) is 0 Å². The maximum absolute atomic E-state index is 13.1. The quantitative estimate of drug-likeness (QED) is 0.905. The van der Waals surface area contributed by atoms with E-state index in [0.29, 0.717) is 13.0 Å². The molecule has 2 nitrogen and oxygen atoms in total. The standard InChI is InChI=1S/C17H19F2NO/c1-12-5-3-4-6-16(12)20(2)8-7-17(21)13-9-14(18)11-15(19)10-13/h3-6,9-11,17,21H,7-8H2,1-2H3. The third kappa shape index (κ3) is 4.02. The summed E-state index contributed by atoms with van der Waals surface area (Å²) in [5, 5.41) is 10.1. The van der Waals surface area contributed by atoms with Crippen LogP contribution in [0.2, 0.25) is 0 Å². The van der Waals surface area contributed by atoms with Gasteiger partial charge in [0, 0.05) is 25.3 Å². The molecule has 0 aliphatic carbocycles. The summed E-state index contributed by atoms with van der Waals surface area (Å²) in [5.41, 5.74) is 2.49. The van der Waals surface area contributed by atoms with Crippen LogP contribution in [0.1, 0.15) is 23.7 Å². The number of aliphatic hydroxyl groups is 1. The molecule has 1 atom stereocenters. The predicted molar refractivity (Wildman–Crippen MR) is 80.4 cm³/mol.